The van der Waals surface area contributed by atoms with Gasteiger partial charge in [0.05, 0.1) is 18.6 Å². The molecule has 0 aliphatic carbocycles. The van der Waals surface area contributed by atoms with Gasteiger partial charge in [0.25, 0.3) is 5.69 Å². The summed E-state index contributed by atoms with van der Waals surface area (Å²) in [6.45, 7) is 3.91. The number of rotatable bonds is 8. The highest BCUT2D eigenvalue weighted by Crippen LogP contribution is 2.30. The van der Waals surface area contributed by atoms with Gasteiger partial charge in [-0.1, -0.05) is 0 Å². The highest BCUT2D eigenvalue weighted by atomic mass is 16.6. The van der Waals surface area contributed by atoms with Crippen molar-refractivity contribution in [2.45, 2.75) is 19.4 Å². The van der Waals surface area contributed by atoms with Crippen LogP contribution < -0.4 is 10.1 Å². The van der Waals surface area contributed by atoms with Gasteiger partial charge in [0.15, 0.2) is 5.60 Å². The minimum atomic E-state index is -1.20. The van der Waals surface area contributed by atoms with Crippen LogP contribution in [0.5, 0.6) is 5.75 Å². The molecule has 22 heavy (non-hydrogen) atoms. The molecule has 0 unspecified atom stereocenters. The zero-order valence-corrected chi connectivity index (χ0v) is 13.0. The summed E-state index contributed by atoms with van der Waals surface area (Å²) in [5, 5.41) is 13.9. The normalized spacial score (nSPS) is 10.9. The van der Waals surface area contributed by atoms with E-state index in [0.717, 1.165) is 0 Å². The number of benzene rings is 1. The van der Waals surface area contributed by atoms with Crippen molar-refractivity contribution < 1.29 is 23.9 Å². The first-order chi connectivity index (χ1) is 10.3. The number of anilines is 1. The van der Waals surface area contributed by atoms with Gasteiger partial charge < -0.3 is 19.5 Å². The monoisotopic (exact) mass is 312 g/mol. The summed E-state index contributed by atoms with van der Waals surface area (Å²) >= 11 is 0. The fraction of sp³-hybridized carbons (Fsp3) is 0.500. The van der Waals surface area contributed by atoms with Crippen molar-refractivity contribution in [2.75, 3.05) is 32.7 Å². The molecule has 0 radical (unpaired) electrons. The molecule has 0 saturated heterocycles. The van der Waals surface area contributed by atoms with E-state index < -0.39 is 16.5 Å². The highest BCUT2D eigenvalue weighted by Gasteiger charge is 2.31. The highest BCUT2D eigenvalue weighted by molar-refractivity contribution is 5.79. The molecule has 0 amide bonds. The number of nitrogens with zero attached hydrogens (tertiary/aromatic N) is 1. The Morgan fingerprint density at radius 2 is 2.05 bits per heavy atom. The summed E-state index contributed by atoms with van der Waals surface area (Å²) in [5.41, 5.74) is -0.992. The Morgan fingerprint density at radius 3 is 2.59 bits per heavy atom. The van der Waals surface area contributed by atoms with Crippen molar-refractivity contribution in [3.63, 3.8) is 0 Å². The molecule has 8 nitrogen and oxygen atoms in total. The SMILES string of the molecule is COCCNc1cc(OC(C)(C)C(=O)OC)ccc1[N+](=O)[O-]. The molecule has 0 saturated carbocycles. The number of ether oxygens (including phenoxy) is 3. The van der Waals surface area contributed by atoms with E-state index in [0.29, 0.717) is 24.6 Å². The first-order valence-electron chi connectivity index (χ1n) is 6.60. The summed E-state index contributed by atoms with van der Waals surface area (Å²) in [4.78, 5) is 22.2. The Kier molecular flexibility index (Phi) is 6.11. The third kappa shape index (κ3) is 4.59. The summed E-state index contributed by atoms with van der Waals surface area (Å²) in [7, 11) is 2.80. The molecule has 0 aliphatic heterocycles. The van der Waals surface area contributed by atoms with Gasteiger partial charge in [-0.25, -0.2) is 4.79 Å². The van der Waals surface area contributed by atoms with E-state index in [1.165, 1.54) is 32.4 Å². The number of methoxy groups -OCH3 is 2. The van der Waals surface area contributed by atoms with Crippen LogP contribution >= 0.6 is 0 Å². The second kappa shape index (κ2) is 7.60. The van der Waals surface area contributed by atoms with Crippen molar-refractivity contribution in [1.29, 1.82) is 0 Å². The van der Waals surface area contributed by atoms with Crippen LogP contribution in [0.1, 0.15) is 13.8 Å². The maximum absolute atomic E-state index is 11.6. The molecule has 0 aliphatic rings. The molecule has 122 valence electrons. The first kappa shape index (κ1) is 17.7. The largest absolute Gasteiger partial charge is 0.476 e. The van der Waals surface area contributed by atoms with Crippen LogP contribution in [0, 0.1) is 10.1 Å². The second-order valence-electron chi connectivity index (χ2n) is 4.96. The molecular weight excluding hydrogens is 292 g/mol. The van der Waals surface area contributed by atoms with Crippen LogP contribution in [0.4, 0.5) is 11.4 Å². The lowest BCUT2D eigenvalue weighted by Gasteiger charge is -2.23. The number of nitro benzene ring substituents is 1. The Balaban J connectivity index is 3.00. The van der Waals surface area contributed by atoms with Crippen LogP contribution in [-0.4, -0.2) is 43.9 Å². The first-order valence-corrected chi connectivity index (χ1v) is 6.60. The molecule has 0 heterocycles. The van der Waals surface area contributed by atoms with E-state index in [9.17, 15) is 14.9 Å². The number of carbonyl (C=O) groups excluding carboxylic acids is 1. The van der Waals surface area contributed by atoms with Gasteiger partial charge in [0.2, 0.25) is 0 Å². The van der Waals surface area contributed by atoms with Crippen LogP contribution in [0.2, 0.25) is 0 Å². The van der Waals surface area contributed by atoms with Crippen molar-refractivity contribution in [1.82, 2.24) is 0 Å². The van der Waals surface area contributed by atoms with Gasteiger partial charge in [0, 0.05) is 25.8 Å². The van der Waals surface area contributed by atoms with Crippen molar-refractivity contribution in [2.24, 2.45) is 0 Å². The van der Waals surface area contributed by atoms with Gasteiger partial charge in [-0.3, -0.25) is 10.1 Å². The number of nitrogens with one attached hydrogen (secondary N) is 1. The molecule has 8 heteroatoms. The molecule has 1 N–H and O–H groups in total. The number of carbonyl (C=O) groups is 1. The Morgan fingerprint density at radius 1 is 1.36 bits per heavy atom. The van der Waals surface area contributed by atoms with Gasteiger partial charge >= 0.3 is 5.97 Å². The molecule has 0 spiro atoms. The molecular formula is C14H20N2O6. The van der Waals surface area contributed by atoms with E-state index >= 15 is 0 Å². The standard InChI is InChI=1S/C14H20N2O6/c1-14(2,13(17)21-4)22-10-5-6-12(16(18)19)11(9-10)15-7-8-20-3/h5-6,9,15H,7-8H2,1-4H3. The van der Waals surface area contributed by atoms with E-state index in [1.54, 1.807) is 13.8 Å². The molecule has 0 bridgehead atoms. The van der Waals surface area contributed by atoms with E-state index in [1.807, 2.05) is 0 Å². The Hall–Kier alpha value is -2.35. The second-order valence-corrected chi connectivity index (χ2v) is 4.96. The third-order valence-corrected chi connectivity index (χ3v) is 2.84. The molecule has 1 rings (SSSR count). The van der Waals surface area contributed by atoms with Crippen molar-refractivity contribution in [3.8, 4) is 5.75 Å². The number of esters is 1. The number of hydrogen-bond acceptors (Lipinski definition) is 7. The minimum absolute atomic E-state index is 0.0840. The summed E-state index contributed by atoms with van der Waals surface area (Å²) in [6, 6.07) is 4.22. The lowest BCUT2D eigenvalue weighted by atomic mass is 10.1. The average molecular weight is 312 g/mol. The van der Waals surface area contributed by atoms with Gasteiger partial charge in [-0.05, 0) is 19.9 Å². The summed E-state index contributed by atoms with van der Waals surface area (Å²) < 4.78 is 15.1. The van der Waals surface area contributed by atoms with Gasteiger partial charge in [0.1, 0.15) is 11.4 Å². The number of nitro groups is 1. The predicted molar refractivity (Wildman–Crippen MR) is 80.2 cm³/mol. The summed E-state index contributed by atoms with van der Waals surface area (Å²) in [6.07, 6.45) is 0. The smallest absolute Gasteiger partial charge is 0.349 e. The predicted octanol–water partition coefficient (Wildman–Crippen LogP) is 1.98. The minimum Gasteiger partial charge on any atom is -0.476 e. The molecule has 1 aromatic rings. The Labute approximate surface area is 128 Å². The molecule has 0 aromatic heterocycles. The zero-order valence-electron chi connectivity index (χ0n) is 13.0. The number of hydrogen-bond donors (Lipinski definition) is 1. The molecule has 1 aromatic carbocycles. The zero-order chi connectivity index (χ0) is 16.8. The van der Waals surface area contributed by atoms with Gasteiger partial charge in [-0.15, -0.1) is 0 Å². The van der Waals surface area contributed by atoms with Crippen LogP contribution in [-0.2, 0) is 14.3 Å². The van der Waals surface area contributed by atoms with Crippen LogP contribution in [0.3, 0.4) is 0 Å². The quantitative estimate of drug-likeness (QED) is 0.339. The maximum Gasteiger partial charge on any atom is 0.349 e. The topological polar surface area (TPSA) is 99.9 Å². The van der Waals surface area contributed by atoms with E-state index in [-0.39, 0.29) is 5.69 Å². The lowest BCUT2D eigenvalue weighted by molar-refractivity contribution is -0.384. The van der Waals surface area contributed by atoms with Crippen molar-refractivity contribution >= 4 is 17.3 Å². The fourth-order valence-corrected chi connectivity index (χ4v) is 1.75. The molecule has 0 atom stereocenters. The summed E-state index contributed by atoms with van der Waals surface area (Å²) in [5.74, 6) is -0.222. The third-order valence-electron chi connectivity index (χ3n) is 2.84. The van der Waals surface area contributed by atoms with E-state index in [4.69, 9.17) is 9.47 Å². The average Bonchev–Trinajstić information content (AvgIpc) is 2.46. The molecule has 0 fully saturated rings. The van der Waals surface area contributed by atoms with Crippen LogP contribution in [0.25, 0.3) is 0 Å². The maximum atomic E-state index is 11.6. The van der Waals surface area contributed by atoms with Crippen LogP contribution in [0.15, 0.2) is 18.2 Å². The Bertz CT molecular complexity index is 544. The van der Waals surface area contributed by atoms with Gasteiger partial charge in [-0.2, -0.15) is 0 Å². The lowest BCUT2D eigenvalue weighted by Crippen LogP contribution is -2.39. The van der Waals surface area contributed by atoms with E-state index in [2.05, 4.69) is 10.1 Å². The van der Waals surface area contributed by atoms with Crippen molar-refractivity contribution in [3.05, 3.63) is 28.3 Å². The fourth-order valence-electron chi connectivity index (χ4n) is 1.75.